The van der Waals surface area contributed by atoms with E-state index >= 15 is 0 Å². The number of nitrogens with zero attached hydrogens (tertiary/aromatic N) is 1. The van der Waals surface area contributed by atoms with Gasteiger partial charge in [0, 0.05) is 26.2 Å². The molecule has 0 amide bonds. The molecular formula is C14H20ClF3N2O2. The molecule has 126 valence electrons. The number of alkyl halides is 3. The minimum Gasteiger partial charge on any atom is -0.507 e. The zero-order valence-corrected chi connectivity index (χ0v) is 13.0. The minimum absolute atomic E-state index is 0. The van der Waals surface area contributed by atoms with Gasteiger partial charge in [0.05, 0.1) is 25.1 Å². The summed E-state index contributed by atoms with van der Waals surface area (Å²) in [5, 5.41) is 13.1. The summed E-state index contributed by atoms with van der Waals surface area (Å²) in [6.45, 7) is 2.25. The average Bonchev–Trinajstić information content (AvgIpc) is 2.45. The molecule has 22 heavy (non-hydrogen) atoms. The van der Waals surface area contributed by atoms with Crippen LogP contribution in [0.5, 0.6) is 11.5 Å². The van der Waals surface area contributed by atoms with Crippen molar-refractivity contribution in [3.8, 4) is 11.5 Å². The van der Waals surface area contributed by atoms with Crippen molar-refractivity contribution < 1.29 is 23.0 Å². The highest BCUT2D eigenvalue weighted by Crippen LogP contribution is 2.42. The lowest BCUT2D eigenvalue weighted by Gasteiger charge is -2.36. The molecule has 0 aromatic heterocycles. The van der Waals surface area contributed by atoms with Gasteiger partial charge in [0.25, 0.3) is 0 Å². The lowest BCUT2D eigenvalue weighted by atomic mass is 9.98. The lowest BCUT2D eigenvalue weighted by Crippen LogP contribution is -2.46. The van der Waals surface area contributed by atoms with Crippen LogP contribution in [0.1, 0.15) is 18.0 Å². The van der Waals surface area contributed by atoms with Crippen LogP contribution in [0.3, 0.4) is 0 Å². The zero-order valence-electron chi connectivity index (χ0n) is 12.2. The molecule has 1 heterocycles. The Hall–Kier alpha value is -1.18. The van der Waals surface area contributed by atoms with E-state index in [9.17, 15) is 18.3 Å². The molecule has 0 spiro atoms. The van der Waals surface area contributed by atoms with E-state index in [-0.39, 0.29) is 29.5 Å². The zero-order chi connectivity index (χ0) is 15.5. The molecule has 1 aliphatic rings. The summed E-state index contributed by atoms with van der Waals surface area (Å²) in [6, 6.07) is 3.58. The Bertz CT molecular complexity index is 480. The van der Waals surface area contributed by atoms with E-state index in [1.165, 1.54) is 13.2 Å². The van der Waals surface area contributed by atoms with Crippen LogP contribution in [0.2, 0.25) is 0 Å². The van der Waals surface area contributed by atoms with Gasteiger partial charge in [-0.25, -0.2) is 0 Å². The predicted octanol–water partition coefficient (Wildman–Crippen LogP) is 2.72. The first-order chi connectivity index (χ1) is 9.92. The number of hydrogen-bond donors (Lipinski definition) is 2. The van der Waals surface area contributed by atoms with E-state index < -0.39 is 18.6 Å². The second-order valence-corrected chi connectivity index (χ2v) is 5.01. The number of phenolic OH excluding ortho intramolecular Hbond substituents is 1. The number of rotatable bonds is 4. The topological polar surface area (TPSA) is 44.7 Å². The van der Waals surface area contributed by atoms with Crippen LogP contribution in [0, 0.1) is 0 Å². The Morgan fingerprint density at radius 1 is 1.32 bits per heavy atom. The van der Waals surface area contributed by atoms with Crippen molar-refractivity contribution in [3.05, 3.63) is 23.8 Å². The van der Waals surface area contributed by atoms with Gasteiger partial charge in [-0.2, -0.15) is 13.2 Å². The summed E-state index contributed by atoms with van der Waals surface area (Å²) in [6.07, 6.45) is -5.33. The summed E-state index contributed by atoms with van der Waals surface area (Å²) in [7, 11) is 1.39. The molecule has 1 aliphatic heterocycles. The van der Waals surface area contributed by atoms with Crippen molar-refractivity contribution in [2.24, 2.45) is 0 Å². The van der Waals surface area contributed by atoms with Gasteiger partial charge in [0.1, 0.15) is 11.5 Å². The number of halogens is 4. The molecule has 0 aliphatic carbocycles. The average molecular weight is 341 g/mol. The fraction of sp³-hybridized carbons (Fsp3) is 0.571. The van der Waals surface area contributed by atoms with Crippen LogP contribution in [-0.2, 0) is 0 Å². The largest absolute Gasteiger partial charge is 0.507 e. The fourth-order valence-electron chi connectivity index (χ4n) is 2.67. The molecule has 1 fully saturated rings. The van der Waals surface area contributed by atoms with Gasteiger partial charge in [0.2, 0.25) is 0 Å². The maximum Gasteiger partial charge on any atom is 0.390 e. The van der Waals surface area contributed by atoms with Crippen molar-refractivity contribution in [3.63, 3.8) is 0 Å². The van der Waals surface area contributed by atoms with Crippen molar-refractivity contribution in [1.29, 1.82) is 0 Å². The highest BCUT2D eigenvalue weighted by Gasteiger charge is 2.38. The van der Waals surface area contributed by atoms with Gasteiger partial charge >= 0.3 is 6.18 Å². The van der Waals surface area contributed by atoms with Crippen molar-refractivity contribution >= 4 is 12.4 Å². The quantitative estimate of drug-likeness (QED) is 0.884. The van der Waals surface area contributed by atoms with E-state index in [1.54, 1.807) is 17.0 Å². The van der Waals surface area contributed by atoms with Gasteiger partial charge in [0.15, 0.2) is 0 Å². The molecule has 8 heteroatoms. The Morgan fingerprint density at radius 3 is 2.50 bits per heavy atom. The molecule has 1 aromatic carbocycles. The summed E-state index contributed by atoms with van der Waals surface area (Å²) in [5.74, 6) is 0.116. The van der Waals surface area contributed by atoms with E-state index in [1.807, 2.05) is 0 Å². The van der Waals surface area contributed by atoms with Crippen molar-refractivity contribution in [2.45, 2.75) is 18.6 Å². The number of piperazine rings is 1. The Morgan fingerprint density at radius 2 is 1.95 bits per heavy atom. The highest BCUT2D eigenvalue weighted by atomic mass is 35.5. The number of phenols is 1. The minimum atomic E-state index is -4.32. The van der Waals surface area contributed by atoms with Crippen LogP contribution in [0.25, 0.3) is 0 Å². The Kier molecular flexibility index (Phi) is 6.77. The van der Waals surface area contributed by atoms with Gasteiger partial charge in [-0.1, -0.05) is 6.07 Å². The molecule has 2 rings (SSSR count). The van der Waals surface area contributed by atoms with E-state index in [2.05, 4.69) is 5.32 Å². The number of nitrogens with one attached hydrogen (secondary N) is 1. The highest BCUT2D eigenvalue weighted by molar-refractivity contribution is 5.85. The van der Waals surface area contributed by atoms with Crippen LogP contribution >= 0.6 is 12.4 Å². The van der Waals surface area contributed by atoms with Crippen molar-refractivity contribution in [2.75, 3.05) is 33.3 Å². The fourth-order valence-corrected chi connectivity index (χ4v) is 2.67. The molecular weight excluding hydrogens is 321 g/mol. The molecule has 0 radical (unpaired) electrons. The number of methoxy groups -OCH3 is 1. The summed E-state index contributed by atoms with van der Waals surface area (Å²) in [5.41, 5.74) is 0.208. The molecule has 0 bridgehead atoms. The number of hydrogen-bond acceptors (Lipinski definition) is 4. The third-order valence-corrected chi connectivity index (χ3v) is 3.61. The van der Waals surface area contributed by atoms with Crippen molar-refractivity contribution in [1.82, 2.24) is 10.2 Å². The normalized spacial score (nSPS) is 17.6. The second kappa shape index (κ2) is 7.89. The first-order valence-corrected chi connectivity index (χ1v) is 6.80. The third-order valence-electron chi connectivity index (χ3n) is 3.61. The third kappa shape index (κ3) is 4.66. The Balaban J connectivity index is 0.00000242. The molecule has 1 aromatic rings. The van der Waals surface area contributed by atoms with E-state index in [0.29, 0.717) is 26.2 Å². The summed E-state index contributed by atoms with van der Waals surface area (Å²) >= 11 is 0. The number of aromatic hydroxyl groups is 1. The Labute approximate surface area is 133 Å². The second-order valence-electron chi connectivity index (χ2n) is 5.01. The smallest absolute Gasteiger partial charge is 0.390 e. The van der Waals surface area contributed by atoms with Crippen LogP contribution < -0.4 is 10.1 Å². The maximum absolute atomic E-state index is 12.9. The van der Waals surface area contributed by atoms with Gasteiger partial charge in [-0.3, -0.25) is 4.90 Å². The predicted molar refractivity (Wildman–Crippen MR) is 79.8 cm³/mol. The SMILES string of the molecule is COc1cccc(O)c1[C@@H](CC(F)(F)F)N1CCNCC1.Cl. The maximum atomic E-state index is 12.9. The van der Waals surface area contributed by atoms with E-state index in [4.69, 9.17) is 4.74 Å². The van der Waals surface area contributed by atoms with Crippen LogP contribution in [0.4, 0.5) is 13.2 Å². The first-order valence-electron chi connectivity index (χ1n) is 6.80. The molecule has 0 saturated carbocycles. The molecule has 1 saturated heterocycles. The van der Waals surface area contributed by atoms with Crippen LogP contribution in [-0.4, -0.2) is 49.5 Å². The molecule has 0 unspecified atom stereocenters. The van der Waals surface area contributed by atoms with Gasteiger partial charge < -0.3 is 15.2 Å². The molecule has 2 N–H and O–H groups in total. The molecule has 1 atom stereocenters. The summed E-state index contributed by atoms with van der Waals surface area (Å²) < 4.78 is 44.0. The lowest BCUT2D eigenvalue weighted by molar-refractivity contribution is -0.149. The van der Waals surface area contributed by atoms with Gasteiger partial charge in [-0.15, -0.1) is 12.4 Å². The standard InChI is InChI=1S/C14H19F3N2O2.ClH/c1-21-12-4-2-3-11(20)13(12)10(9-14(15,16)17)19-7-5-18-6-8-19;/h2-4,10,18,20H,5-9H2,1H3;1H/t10-;/m1./s1. The first kappa shape index (κ1) is 18.9. The van der Waals surface area contributed by atoms with E-state index in [0.717, 1.165) is 0 Å². The number of benzene rings is 1. The number of ether oxygens (including phenoxy) is 1. The van der Waals surface area contributed by atoms with Crippen LogP contribution in [0.15, 0.2) is 18.2 Å². The van der Waals surface area contributed by atoms with Gasteiger partial charge in [-0.05, 0) is 12.1 Å². The monoisotopic (exact) mass is 340 g/mol. The summed E-state index contributed by atoms with van der Waals surface area (Å²) in [4.78, 5) is 1.74. The molecule has 4 nitrogen and oxygen atoms in total.